The van der Waals surface area contributed by atoms with E-state index in [1.54, 1.807) is 0 Å². The molecule has 0 radical (unpaired) electrons. The highest BCUT2D eigenvalue weighted by molar-refractivity contribution is 9.10. The lowest BCUT2D eigenvalue weighted by atomic mass is 9.96. The van der Waals surface area contributed by atoms with Gasteiger partial charge in [0.1, 0.15) is 0 Å². The lowest BCUT2D eigenvalue weighted by Crippen LogP contribution is -2.29. The van der Waals surface area contributed by atoms with E-state index < -0.39 is 0 Å². The van der Waals surface area contributed by atoms with Crippen LogP contribution in [0.25, 0.3) is 0 Å². The third-order valence-corrected chi connectivity index (χ3v) is 7.48. The quantitative estimate of drug-likeness (QED) is 0.458. The summed E-state index contributed by atoms with van der Waals surface area (Å²) >= 11 is 9.50. The predicted octanol–water partition coefficient (Wildman–Crippen LogP) is 6.08. The van der Waals surface area contributed by atoms with Crippen LogP contribution in [0.1, 0.15) is 59.2 Å². The van der Waals surface area contributed by atoms with Crippen LogP contribution >= 0.6 is 28.1 Å². The van der Waals surface area contributed by atoms with Gasteiger partial charge in [-0.05, 0) is 93.4 Å². The SMILES string of the molecule is Cc1cc(N2C(=S)N[C@H](c3ccccn3)[C@@H]2c2cc(C)n(C3CC3)c2C)ccc1Br. The number of hydrogen-bond acceptors (Lipinski definition) is 2. The Labute approximate surface area is 191 Å². The highest BCUT2D eigenvalue weighted by atomic mass is 79.9. The van der Waals surface area contributed by atoms with Gasteiger partial charge in [-0.25, -0.2) is 0 Å². The van der Waals surface area contributed by atoms with Crippen LogP contribution < -0.4 is 10.2 Å². The van der Waals surface area contributed by atoms with Crippen LogP contribution in [0, 0.1) is 20.8 Å². The van der Waals surface area contributed by atoms with E-state index in [2.05, 4.69) is 86.8 Å². The van der Waals surface area contributed by atoms with Crippen molar-refractivity contribution in [3.63, 3.8) is 0 Å². The first-order valence-electron chi connectivity index (χ1n) is 10.4. The van der Waals surface area contributed by atoms with Gasteiger partial charge in [0, 0.05) is 33.8 Å². The van der Waals surface area contributed by atoms with Gasteiger partial charge in [0.2, 0.25) is 0 Å². The first-order valence-corrected chi connectivity index (χ1v) is 11.6. The molecule has 154 valence electrons. The van der Waals surface area contributed by atoms with Gasteiger partial charge >= 0.3 is 0 Å². The van der Waals surface area contributed by atoms with Crippen molar-refractivity contribution >= 4 is 38.9 Å². The molecule has 0 amide bonds. The number of halogens is 1. The molecule has 2 atom stereocenters. The van der Waals surface area contributed by atoms with Crippen molar-refractivity contribution in [3.8, 4) is 0 Å². The monoisotopic (exact) mass is 480 g/mol. The molecule has 6 heteroatoms. The lowest BCUT2D eigenvalue weighted by molar-refractivity contribution is 0.562. The van der Waals surface area contributed by atoms with Crippen molar-refractivity contribution in [2.75, 3.05) is 4.90 Å². The van der Waals surface area contributed by atoms with Crippen molar-refractivity contribution in [1.82, 2.24) is 14.9 Å². The molecule has 0 unspecified atom stereocenters. The van der Waals surface area contributed by atoms with Gasteiger partial charge in [0.25, 0.3) is 0 Å². The molecule has 1 saturated carbocycles. The second-order valence-corrected chi connectivity index (χ2v) is 9.60. The van der Waals surface area contributed by atoms with Crippen LogP contribution in [0.3, 0.4) is 0 Å². The lowest BCUT2D eigenvalue weighted by Gasteiger charge is -2.28. The van der Waals surface area contributed by atoms with Crippen LogP contribution in [0.15, 0.2) is 53.1 Å². The van der Waals surface area contributed by atoms with Gasteiger partial charge in [-0.3, -0.25) is 4.98 Å². The summed E-state index contributed by atoms with van der Waals surface area (Å²) in [4.78, 5) is 6.94. The number of hydrogen-bond donors (Lipinski definition) is 1. The number of benzene rings is 1. The van der Waals surface area contributed by atoms with Gasteiger partial charge in [-0.1, -0.05) is 22.0 Å². The third-order valence-electron chi connectivity index (χ3n) is 6.27. The Kier molecular flexibility index (Phi) is 4.94. The highest BCUT2D eigenvalue weighted by Crippen LogP contribution is 2.46. The molecule has 0 bridgehead atoms. The van der Waals surface area contributed by atoms with Crippen molar-refractivity contribution in [1.29, 1.82) is 0 Å². The molecule has 1 aromatic carbocycles. The zero-order valence-electron chi connectivity index (χ0n) is 17.4. The summed E-state index contributed by atoms with van der Waals surface area (Å²) in [6.45, 7) is 6.59. The summed E-state index contributed by atoms with van der Waals surface area (Å²) in [5.41, 5.74) is 7.30. The molecule has 3 heterocycles. The first-order chi connectivity index (χ1) is 14.5. The van der Waals surface area contributed by atoms with E-state index in [9.17, 15) is 0 Å². The molecule has 5 rings (SSSR count). The topological polar surface area (TPSA) is 33.1 Å². The first kappa shape index (κ1) is 19.8. The minimum Gasteiger partial charge on any atom is -0.351 e. The Bertz CT molecular complexity index is 1120. The van der Waals surface area contributed by atoms with E-state index in [0.29, 0.717) is 6.04 Å². The number of aromatic nitrogens is 2. The fourth-order valence-electron chi connectivity index (χ4n) is 4.72. The average Bonchev–Trinajstić information content (AvgIpc) is 3.44. The van der Waals surface area contributed by atoms with Gasteiger partial charge in [0.15, 0.2) is 5.11 Å². The maximum Gasteiger partial charge on any atom is 0.174 e. The Hall–Kier alpha value is -2.18. The molecule has 0 spiro atoms. The molecular weight excluding hydrogens is 456 g/mol. The molecule has 2 aliphatic rings. The van der Waals surface area contributed by atoms with E-state index >= 15 is 0 Å². The number of nitrogens with zero attached hydrogens (tertiary/aromatic N) is 3. The molecule has 30 heavy (non-hydrogen) atoms. The summed E-state index contributed by atoms with van der Waals surface area (Å²) in [7, 11) is 0. The normalized spacial score (nSPS) is 21.2. The fraction of sp³-hybridized carbons (Fsp3) is 0.333. The van der Waals surface area contributed by atoms with Crippen LogP contribution in [-0.2, 0) is 0 Å². The van der Waals surface area contributed by atoms with Gasteiger partial charge in [0.05, 0.1) is 17.8 Å². The average molecular weight is 481 g/mol. The maximum absolute atomic E-state index is 5.87. The second kappa shape index (κ2) is 7.50. The second-order valence-electron chi connectivity index (χ2n) is 8.36. The molecule has 2 fully saturated rings. The van der Waals surface area contributed by atoms with E-state index in [1.165, 1.54) is 35.4 Å². The maximum atomic E-state index is 5.87. The third kappa shape index (κ3) is 3.26. The predicted molar refractivity (Wildman–Crippen MR) is 129 cm³/mol. The number of nitrogens with one attached hydrogen (secondary N) is 1. The number of pyridine rings is 1. The van der Waals surface area contributed by atoms with Gasteiger partial charge in [-0.15, -0.1) is 0 Å². The molecule has 1 aliphatic carbocycles. The van der Waals surface area contributed by atoms with E-state index in [1.807, 2.05) is 18.3 Å². The standard InChI is InChI=1S/C24H25BrN4S/c1-14-12-18(9-10-20(14)25)29-23(19-13-15(2)28(16(19)3)17-7-8-17)22(27-24(29)30)21-6-4-5-11-26-21/h4-6,9-13,17,22-23H,7-8H2,1-3H3,(H,27,30)/t22-,23+/m1/s1. The van der Waals surface area contributed by atoms with Crippen molar-refractivity contribution < 1.29 is 0 Å². The smallest absolute Gasteiger partial charge is 0.174 e. The largest absolute Gasteiger partial charge is 0.351 e. The number of rotatable bonds is 4. The van der Waals surface area contributed by atoms with Crippen molar-refractivity contribution in [3.05, 3.63) is 81.3 Å². The summed E-state index contributed by atoms with van der Waals surface area (Å²) in [6, 6.07) is 15.6. The number of aryl methyl sites for hydroxylation is 2. The Morgan fingerprint density at radius 1 is 1.10 bits per heavy atom. The molecule has 1 aliphatic heterocycles. The molecule has 4 nitrogen and oxygen atoms in total. The fourth-order valence-corrected chi connectivity index (χ4v) is 5.32. The number of anilines is 1. The van der Waals surface area contributed by atoms with Crippen LogP contribution in [-0.4, -0.2) is 14.7 Å². The van der Waals surface area contributed by atoms with E-state index in [4.69, 9.17) is 12.2 Å². The van der Waals surface area contributed by atoms with Crippen LogP contribution in [0.5, 0.6) is 0 Å². The van der Waals surface area contributed by atoms with Crippen LogP contribution in [0.4, 0.5) is 5.69 Å². The Balaban J connectivity index is 1.67. The molecular formula is C24H25BrN4S. The molecule has 1 saturated heterocycles. The van der Waals surface area contributed by atoms with E-state index in [-0.39, 0.29) is 12.1 Å². The van der Waals surface area contributed by atoms with E-state index in [0.717, 1.165) is 21.0 Å². The minimum atomic E-state index is -0.00388. The molecule has 3 aromatic rings. The van der Waals surface area contributed by atoms with Gasteiger partial charge < -0.3 is 14.8 Å². The Morgan fingerprint density at radius 2 is 1.90 bits per heavy atom. The number of thiocarbonyl (C=S) groups is 1. The van der Waals surface area contributed by atoms with Crippen molar-refractivity contribution in [2.45, 2.75) is 51.7 Å². The minimum absolute atomic E-state index is 0.00388. The van der Waals surface area contributed by atoms with Gasteiger partial charge in [-0.2, -0.15) is 0 Å². The molecule has 1 N–H and O–H groups in total. The summed E-state index contributed by atoms with van der Waals surface area (Å²) in [5, 5.41) is 4.32. The van der Waals surface area contributed by atoms with Crippen molar-refractivity contribution in [2.24, 2.45) is 0 Å². The summed E-state index contributed by atoms with van der Waals surface area (Å²) in [5.74, 6) is 0. The highest BCUT2D eigenvalue weighted by Gasteiger charge is 2.43. The zero-order valence-corrected chi connectivity index (χ0v) is 19.8. The van der Waals surface area contributed by atoms with Crippen LogP contribution in [0.2, 0.25) is 0 Å². The summed E-state index contributed by atoms with van der Waals surface area (Å²) < 4.78 is 3.62. The zero-order chi connectivity index (χ0) is 21.0. The molecule has 2 aromatic heterocycles. The summed E-state index contributed by atoms with van der Waals surface area (Å²) in [6.07, 6.45) is 4.41. The Morgan fingerprint density at radius 3 is 2.57 bits per heavy atom.